The quantitative estimate of drug-likeness (QED) is 0.0320. The second-order valence-corrected chi connectivity index (χ2v) is 22.5. The minimum Gasteiger partial charge on any atom is -0.466 e. The van der Waals surface area contributed by atoms with Gasteiger partial charge in [-0.2, -0.15) is 0 Å². The highest BCUT2D eigenvalue weighted by molar-refractivity contribution is 5.76. The van der Waals surface area contributed by atoms with E-state index in [1.807, 2.05) is 6.08 Å². The van der Waals surface area contributed by atoms with Crippen molar-refractivity contribution in [2.45, 2.75) is 373 Å². The van der Waals surface area contributed by atoms with E-state index in [4.69, 9.17) is 4.74 Å². The molecule has 0 saturated heterocycles. The summed E-state index contributed by atoms with van der Waals surface area (Å²) in [7, 11) is 0. The Hall–Kier alpha value is -1.66. The number of hydrogen-bond donors (Lipinski definition) is 3. The maximum atomic E-state index is 12.5. The summed E-state index contributed by atoms with van der Waals surface area (Å²) in [6.45, 7) is 4.92. The topological polar surface area (TPSA) is 95.9 Å². The molecule has 0 aromatic carbocycles. The smallest absolute Gasteiger partial charge is 0.305 e. The molecule has 1 amide bonds. The number of aliphatic hydroxyl groups is 2. The number of ether oxygens (including phenoxy) is 1. The van der Waals surface area contributed by atoms with Crippen LogP contribution < -0.4 is 5.32 Å². The van der Waals surface area contributed by atoms with Gasteiger partial charge in [-0.25, -0.2) is 0 Å². The van der Waals surface area contributed by atoms with Crippen LogP contribution in [0.15, 0.2) is 24.3 Å². The Balaban J connectivity index is 3.45. The van der Waals surface area contributed by atoms with E-state index in [0.717, 1.165) is 44.9 Å². The summed E-state index contributed by atoms with van der Waals surface area (Å²) >= 11 is 0. The fourth-order valence-electron chi connectivity index (χ4n) is 10.2. The Labute approximate surface area is 450 Å². The van der Waals surface area contributed by atoms with E-state index in [-0.39, 0.29) is 18.5 Å². The van der Waals surface area contributed by atoms with E-state index in [2.05, 4.69) is 31.3 Å². The summed E-state index contributed by atoms with van der Waals surface area (Å²) in [5.74, 6) is -0.0668. The van der Waals surface area contributed by atoms with E-state index in [0.29, 0.717) is 19.4 Å². The van der Waals surface area contributed by atoms with Gasteiger partial charge in [0.15, 0.2) is 0 Å². The molecule has 0 aliphatic carbocycles. The number of allylic oxidation sites excluding steroid dienone is 3. The van der Waals surface area contributed by atoms with Crippen LogP contribution in [-0.4, -0.2) is 47.4 Å². The lowest BCUT2D eigenvalue weighted by Gasteiger charge is -2.20. The maximum absolute atomic E-state index is 12.5. The lowest BCUT2D eigenvalue weighted by Crippen LogP contribution is -2.45. The summed E-state index contributed by atoms with van der Waals surface area (Å²) in [5.41, 5.74) is 0. The molecule has 0 aliphatic rings. The SMILES string of the molecule is CCCCCCCCCCCCCCCCCCC/C=C/C(O)C(CO)NC(=O)CCCCCCCCC/C=C\CCCCCCCCCCOC(=O)CCCCCCCCCCCCCCCCCCC. The van der Waals surface area contributed by atoms with Gasteiger partial charge in [0.05, 0.1) is 25.4 Å². The van der Waals surface area contributed by atoms with Crippen molar-refractivity contribution in [3.63, 3.8) is 0 Å². The molecule has 72 heavy (non-hydrogen) atoms. The normalized spacial score (nSPS) is 12.7. The van der Waals surface area contributed by atoms with Gasteiger partial charge in [0.1, 0.15) is 0 Å². The van der Waals surface area contributed by atoms with E-state index >= 15 is 0 Å². The average molecular weight is 1010 g/mol. The number of carbonyl (C=O) groups excluding carboxylic acids is 2. The van der Waals surface area contributed by atoms with E-state index in [1.165, 1.54) is 289 Å². The van der Waals surface area contributed by atoms with Crippen LogP contribution in [0.1, 0.15) is 361 Å². The Morgan fingerprint density at radius 2 is 0.653 bits per heavy atom. The third-order valence-electron chi connectivity index (χ3n) is 15.2. The molecule has 0 aliphatic heterocycles. The molecule has 0 bridgehead atoms. The first-order valence-corrected chi connectivity index (χ1v) is 32.6. The first-order chi connectivity index (χ1) is 35.5. The number of hydrogen-bond acceptors (Lipinski definition) is 5. The first kappa shape index (κ1) is 70.3. The Morgan fingerprint density at radius 1 is 0.375 bits per heavy atom. The van der Waals surface area contributed by atoms with Gasteiger partial charge >= 0.3 is 5.97 Å². The number of rotatable bonds is 61. The largest absolute Gasteiger partial charge is 0.466 e. The van der Waals surface area contributed by atoms with Crippen molar-refractivity contribution in [1.82, 2.24) is 5.32 Å². The molecule has 0 aromatic heterocycles. The van der Waals surface area contributed by atoms with Gasteiger partial charge < -0.3 is 20.3 Å². The second-order valence-electron chi connectivity index (χ2n) is 22.5. The molecule has 0 saturated carbocycles. The van der Waals surface area contributed by atoms with Crippen LogP contribution in [0.5, 0.6) is 0 Å². The van der Waals surface area contributed by atoms with E-state index in [1.54, 1.807) is 6.08 Å². The Bertz CT molecular complexity index is 1120. The molecular formula is C66H127NO5. The molecule has 6 nitrogen and oxygen atoms in total. The highest BCUT2D eigenvalue weighted by Crippen LogP contribution is 2.18. The number of amides is 1. The Kier molecular flexibility index (Phi) is 60.5. The number of aliphatic hydroxyl groups excluding tert-OH is 2. The van der Waals surface area contributed by atoms with Crippen LogP contribution in [0.3, 0.4) is 0 Å². The van der Waals surface area contributed by atoms with Crippen molar-refractivity contribution in [3.05, 3.63) is 24.3 Å². The molecule has 2 unspecified atom stereocenters. The predicted octanol–water partition coefficient (Wildman–Crippen LogP) is 20.6. The molecule has 0 rings (SSSR count). The fraction of sp³-hybridized carbons (Fsp3) is 0.909. The van der Waals surface area contributed by atoms with Gasteiger partial charge in [-0.05, 0) is 57.8 Å². The fourth-order valence-corrected chi connectivity index (χ4v) is 10.2. The predicted molar refractivity (Wildman–Crippen MR) is 315 cm³/mol. The zero-order chi connectivity index (χ0) is 52.2. The molecule has 0 spiro atoms. The molecule has 0 radical (unpaired) electrons. The number of unbranched alkanes of at least 4 members (excludes halogenated alkanes) is 48. The molecule has 3 N–H and O–H groups in total. The van der Waals surface area contributed by atoms with Crippen LogP contribution >= 0.6 is 0 Å². The van der Waals surface area contributed by atoms with Crippen LogP contribution in [0.25, 0.3) is 0 Å². The van der Waals surface area contributed by atoms with Crippen LogP contribution in [0.2, 0.25) is 0 Å². The van der Waals surface area contributed by atoms with Gasteiger partial charge in [0.2, 0.25) is 5.91 Å². The van der Waals surface area contributed by atoms with Crippen molar-refractivity contribution in [1.29, 1.82) is 0 Å². The number of esters is 1. The summed E-state index contributed by atoms with van der Waals surface area (Å²) in [4.78, 5) is 24.6. The molecule has 6 heteroatoms. The third-order valence-corrected chi connectivity index (χ3v) is 15.2. The van der Waals surface area contributed by atoms with Crippen LogP contribution in [0.4, 0.5) is 0 Å². The van der Waals surface area contributed by atoms with Crippen molar-refractivity contribution < 1.29 is 24.5 Å². The highest BCUT2D eigenvalue weighted by atomic mass is 16.5. The minimum absolute atomic E-state index is 0.00776. The molecular weight excluding hydrogens is 887 g/mol. The summed E-state index contributed by atoms with van der Waals surface area (Å²) < 4.78 is 5.49. The standard InChI is InChI=1S/C66H127NO5/c1-3-5-7-9-11-13-15-17-19-21-23-27-30-34-38-42-46-50-54-58-64(69)63(62-68)67-65(70)59-55-51-47-43-39-35-31-28-24-22-25-29-33-37-41-45-49-53-57-61-72-66(71)60-56-52-48-44-40-36-32-26-20-18-16-14-12-10-8-6-4-2/h22,24,54,58,63-64,68-69H,3-21,23,25-53,55-57,59-62H2,1-2H3,(H,67,70)/b24-22-,58-54+. The zero-order valence-corrected chi connectivity index (χ0v) is 48.7. The lowest BCUT2D eigenvalue weighted by molar-refractivity contribution is -0.143. The van der Waals surface area contributed by atoms with Gasteiger partial charge in [-0.3, -0.25) is 9.59 Å². The number of nitrogens with one attached hydrogen (secondary N) is 1. The van der Waals surface area contributed by atoms with Crippen molar-refractivity contribution in [2.24, 2.45) is 0 Å². The molecule has 0 aromatic rings. The van der Waals surface area contributed by atoms with Gasteiger partial charge in [0, 0.05) is 12.8 Å². The molecule has 0 fully saturated rings. The molecule has 2 atom stereocenters. The van der Waals surface area contributed by atoms with Crippen molar-refractivity contribution >= 4 is 11.9 Å². The van der Waals surface area contributed by atoms with Gasteiger partial charge in [-0.15, -0.1) is 0 Å². The summed E-state index contributed by atoms with van der Waals surface area (Å²) in [6, 6.07) is -0.635. The minimum atomic E-state index is -0.851. The third kappa shape index (κ3) is 57.6. The van der Waals surface area contributed by atoms with E-state index in [9.17, 15) is 19.8 Å². The monoisotopic (exact) mass is 1010 g/mol. The van der Waals surface area contributed by atoms with E-state index < -0.39 is 12.1 Å². The average Bonchev–Trinajstić information content (AvgIpc) is 3.38. The van der Waals surface area contributed by atoms with Crippen LogP contribution in [-0.2, 0) is 14.3 Å². The lowest BCUT2D eigenvalue weighted by atomic mass is 10.0. The second kappa shape index (κ2) is 61.9. The molecule has 0 heterocycles. The summed E-state index contributed by atoms with van der Waals surface area (Å²) in [5, 5.41) is 23.2. The summed E-state index contributed by atoms with van der Waals surface area (Å²) in [6.07, 6.45) is 76.5. The molecule has 426 valence electrons. The zero-order valence-electron chi connectivity index (χ0n) is 48.7. The van der Waals surface area contributed by atoms with Crippen LogP contribution in [0, 0.1) is 0 Å². The van der Waals surface area contributed by atoms with Gasteiger partial charge in [0.25, 0.3) is 0 Å². The number of carbonyl (C=O) groups is 2. The highest BCUT2D eigenvalue weighted by Gasteiger charge is 2.18. The van der Waals surface area contributed by atoms with Gasteiger partial charge in [-0.1, -0.05) is 314 Å². The van der Waals surface area contributed by atoms with Crippen molar-refractivity contribution in [2.75, 3.05) is 13.2 Å². The maximum Gasteiger partial charge on any atom is 0.305 e. The first-order valence-electron chi connectivity index (χ1n) is 32.6. The Morgan fingerprint density at radius 3 is 0.986 bits per heavy atom. The van der Waals surface area contributed by atoms with Crippen molar-refractivity contribution in [3.8, 4) is 0 Å².